The van der Waals surface area contributed by atoms with Crippen LogP contribution < -0.4 is 10.5 Å². The smallest absolute Gasteiger partial charge is 0.101 e. The number of benzene rings is 2. The van der Waals surface area contributed by atoms with Crippen molar-refractivity contribution in [2.24, 2.45) is 0 Å². The molecule has 1 N–H and O–H groups in total. The SMILES string of the molecule is C=Cc1cccc(NC[Si](C)(C)c2ccccc2)c1. The van der Waals surface area contributed by atoms with Crippen LogP contribution in [-0.4, -0.2) is 14.2 Å². The first-order chi connectivity index (χ1) is 9.12. The van der Waals surface area contributed by atoms with E-state index in [1.165, 1.54) is 10.9 Å². The maximum absolute atomic E-state index is 3.81. The van der Waals surface area contributed by atoms with Crippen LogP contribution in [0.4, 0.5) is 5.69 Å². The van der Waals surface area contributed by atoms with Crippen LogP contribution in [-0.2, 0) is 0 Å². The Morgan fingerprint density at radius 3 is 2.47 bits per heavy atom. The molecule has 0 saturated carbocycles. The Bertz CT molecular complexity index is 546. The standard InChI is InChI=1S/C17H21NSi/c1-4-15-9-8-10-16(13-15)18-14-19(2,3)17-11-6-5-7-12-17/h4-13,18H,1,14H2,2-3H3. The molecule has 0 aliphatic rings. The zero-order valence-electron chi connectivity index (χ0n) is 11.7. The van der Waals surface area contributed by atoms with Crippen LogP contribution in [0.1, 0.15) is 5.56 Å². The first kappa shape index (κ1) is 13.6. The molecule has 0 fully saturated rings. The summed E-state index contributed by atoms with van der Waals surface area (Å²) in [5.41, 5.74) is 2.33. The summed E-state index contributed by atoms with van der Waals surface area (Å²) in [5.74, 6) is 0. The number of rotatable bonds is 5. The maximum atomic E-state index is 3.81. The summed E-state index contributed by atoms with van der Waals surface area (Å²) in [7, 11) is -1.43. The molecular formula is C17H21NSi. The summed E-state index contributed by atoms with van der Waals surface area (Å²) in [6.45, 7) is 8.60. The second kappa shape index (κ2) is 5.89. The van der Waals surface area contributed by atoms with Gasteiger partial charge in [-0.2, -0.15) is 0 Å². The minimum absolute atomic E-state index is 1.04. The quantitative estimate of drug-likeness (QED) is 0.810. The number of nitrogens with one attached hydrogen (secondary N) is 1. The monoisotopic (exact) mass is 267 g/mol. The van der Waals surface area contributed by atoms with Crippen molar-refractivity contribution < 1.29 is 0 Å². The second-order valence-electron chi connectivity index (χ2n) is 5.43. The van der Waals surface area contributed by atoms with E-state index < -0.39 is 8.07 Å². The van der Waals surface area contributed by atoms with E-state index in [9.17, 15) is 0 Å². The van der Waals surface area contributed by atoms with Crippen molar-refractivity contribution in [1.29, 1.82) is 0 Å². The Balaban J connectivity index is 2.07. The van der Waals surface area contributed by atoms with Gasteiger partial charge in [0.25, 0.3) is 0 Å². The Labute approximate surface area is 117 Å². The molecule has 2 heteroatoms. The van der Waals surface area contributed by atoms with Gasteiger partial charge in [0.05, 0.1) is 0 Å². The fourth-order valence-electron chi connectivity index (χ4n) is 2.09. The van der Waals surface area contributed by atoms with Gasteiger partial charge in [-0.1, -0.05) is 73.4 Å². The molecule has 0 aliphatic carbocycles. The Hall–Kier alpha value is -1.80. The van der Waals surface area contributed by atoms with Crippen LogP contribution in [0.2, 0.25) is 13.1 Å². The number of anilines is 1. The predicted octanol–water partition coefficient (Wildman–Crippen LogP) is 3.90. The minimum atomic E-state index is -1.43. The summed E-state index contributed by atoms with van der Waals surface area (Å²) in [5, 5.41) is 5.06. The highest BCUT2D eigenvalue weighted by atomic mass is 28.3. The van der Waals surface area contributed by atoms with Crippen molar-refractivity contribution in [3.8, 4) is 0 Å². The molecule has 0 aliphatic heterocycles. The third-order valence-electron chi connectivity index (χ3n) is 3.41. The van der Waals surface area contributed by atoms with Crippen molar-refractivity contribution in [3.63, 3.8) is 0 Å². The number of hydrogen-bond acceptors (Lipinski definition) is 1. The highest BCUT2D eigenvalue weighted by Crippen LogP contribution is 2.13. The lowest BCUT2D eigenvalue weighted by Gasteiger charge is -2.24. The average molecular weight is 267 g/mol. The first-order valence-electron chi connectivity index (χ1n) is 6.64. The molecule has 0 radical (unpaired) electrons. The Morgan fingerprint density at radius 1 is 1.05 bits per heavy atom. The van der Waals surface area contributed by atoms with Gasteiger partial charge in [-0.25, -0.2) is 0 Å². The minimum Gasteiger partial charge on any atom is -0.388 e. The van der Waals surface area contributed by atoms with Gasteiger partial charge in [-0.15, -0.1) is 0 Å². The molecule has 98 valence electrons. The van der Waals surface area contributed by atoms with Gasteiger partial charge in [-0.05, 0) is 17.7 Å². The molecule has 0 amide bonds. The van der Waals surface area contributed by atoms with Gasteiger partial charge >= 0.3 is 0 Å². The van der Waals surface area contributed by atoms with Crippen molar-refractivity contribution in [3.05, 3.63) is 66.7 Å². The third kappa shape index (κ3) is 3.58. The normalized spacial score (nSPS) is 11.1. The summed E-state index contributed by atoms with van der Waals surface area (Å²) in [4.78, 5) is 0. The van der Waals surface area contributed by atoms with Crippen molar-refractivity contribution in [2.75, 3.05) is 11.5 Å². The second-order valence-corrected chi connectivity index (χ2v) is 10.1. The molecule has 0 atom stereocenters. The summed E-state index contributed by atoms with van der Waals surface area (Å²) in [6, 6.07) is 19.2. The van der Waals surface area contributed by atoms with E-state index in [0.717, 1.165) is 11.7 Å². The highest BCUT2D eigenvalue weighted by molar-refractivity contribution is 6.90. The lowest BCUT2D eigenvalue weighted by molar-refractivity contribution is 1.37. The largest absolute Gasteiger partial charge is 0.388 e. The summed E-state index contributed by atoms with van der Waals surface area (Å²) in [6.07, 6.45) is 2.92. The fraction of sp³-hybridized carbons (Fsp3) is 0.176. The number of hydrogen-bond donors (Lipinski definition) is 1. The molecule has 0 saturated heterocycles. The summed E-state index contributed by atoms with van der Waals surface area (Å²) < 4.78 is 0. The molecule has 0 aromatic heterocycles. The highest BCUT2D eigenvalue weighted by Gasteiger charge is 2.22. The predicted molar refractivity (Wildman–Crippen MR) is 88.6 cm³/mol. The van der Waals surface area contributed by atoms with Crippen LogP contribution in [0.3, 0.4) is 0 Å². The fourth-order valence-corrected chi connectivity index (χ4v) is 4.04. The van der Waals surface area contributed by atoms with Crippen LogP contribution in [0, 0.1) is 0 Å². The molecule has 0 spiro atoms. The lowest BCUT2D eigenvalue weighted by atomic mass is 10.2. The van der Waals surface area contributed by atoms with Gasteiger partial charge in [-0.3, -0.25) is 0 Å². The molecule has 0 unspecified atom stereocenters. The topological polar surface area (TPSA) is 12.0 Å². The van der Waals surface area contributed by atoms with E-state index in [0.29, 0.717) is 0 Å². The first-order valence-corrected chi connectivity index (χ1v) is 9.84. The van der Waals surface area contributed by atoms with Crippen LogP contribution in [0.25, 0.3) is 6.08 Å². The molecule has 19 heavy (non-hydrogen) atoms. The van der Waals surface area contributed by atoms with Crippen LogP contribution in [0.5, 0.6) is 0 Å². The molecule has 2 aromatic carbocycles. The van der Waals surface area contributed by atoms with Crippen molar-refractivity contribution in [2.45, 2.75) is 13.1 Å². The summed E-state index contributed by atoms with van der Waals surface area (Å²) >= 11 is 0. The Kier molecular flexibility index (Phi) is 4.22. The zero-order chi connectivity index (χ0) is 13.7. The van der Waals surface area contributed by atoms with E-state index in [1.54, 1.807) is 0 Å². The molecule has 2 aromatic rings. The van der Waals surface area contributed by atoms with Gasteiger partial charge in [0.1, 0.15) is 8.07 Å². The zero-order valence-corrected chi connectivity index (χ0v) is 12.7. The molecule has 0 bridgehead atoms. The van der Waals surface area contributed by atoms with Gasteiger partial charge in [0.2, 0.25) is 0 Å². The van der Waals surface area contributed by atoms with Gasteiger partial charge < -0.3 is 5.32 Å². The lowest BCUT2D eigenvalue weighted by Crippen LogP contribution is -2.48. The van der Waals surface area contributed by atoms with E-state index >= 15 is 0 Å². The van der Waals surface area contributed by atoms with Crippen molar-refractivity contribution in [1.82, 2.24) is 0 Å². The van der Waals surface area contributed by atoms with E-state index in [-0.39, 0.29) is 0 Å². The molecule has 1 nitrogen and oxygen atoms in total. The molecule has 0 heterocycles. The Morgan fingerprint density at radius 2 is 1.79 bits per heavy atom. The van der Waals surface area contributed by atoms with E-state index in [2.05, 4.69) is 79.6 Å². The third-order valence-corrected chi connectivity index (χ3v) is 6.37. The van der Waals surface area contributed by atoms with Crippen LogP contribution >= 0.6 is 0 Å². The van der Waals surface area contributed by atoms with Gasteiger partial charge in [0, 0.05) is 11.9 Å². The maximum Gasteiger partial charge on any atom is 0.101 e. The molecular weight excluding hydrogens is 246 g/mol. The van der Waals surface area contributed by atoms with E-state index in [1.807, 2.05) is 6.08 Å². The average Bonchev–Trinajstić information content (AvgIpc) is 2.46. The van der Waals surface area contributed by atoms with E-state index in [4.69, 9.17) is 0 Å². The van der Waals surface area contributed by atoms with Crippen molar-refractivity contribution >= 4 is 25.0 Å². The molecule has 2 rings (SSSR count). The van der Waals surface area contributed by atoms with Crippen LogP contribution in [0.15, 0.2) is 61.2 Å². The van der Waals surface area contributed by atoms with Gasteiger partial charge in [0.15, 0.2) is 0 Å².